The molecule has 0 bridgehead atoms. The fourth-order valence-electron chi connectivity index (χ4n) is 2.81. The molecular formula is C13H18N4O. The van der Waals surface area contributed by atoms with Gasteiger partial charge in [0, 0.05) is 5.92 Å². The zero-order chi connectivity index (χ0) is 12.5. The van der Waals surface area contributed by atoms with Gasteiger partial charge in [0.25, 0.3) is 0 Å². The number of nitrogen functional groups attached to an aromatic ring is 1. The molecule has 2 aromatic heterocycles. The van der Waals surface area contributed by atoms with Crippen LogP contribution in [0.2, 0.25) is 0 Å². The monoisotopic (exact) mass is 246 g/mol. The SMILES string of the molecule is COc1ccc(N)n2c(C3CCCCC3)nnc12. The lowest BCUT2D eigenvalue weighted by Gasteiger charge is -2.20. The van der Waals surface area contributed by atoms with Crippen molar-refractivity contribution in [3.05, 3.63) is 18.0 Å². The van der Waals surface area contributed by atoms with Gasteiger partial charge in [0.05, 0.1) is 7.11 Å². The highest BCUT2D eigenvalue weighted by Gasteiger charge is 2.22. The van der Waals surface area contributed by atoms with E-state index in [1.807, 2.05) is 16.5 Å². The van der Waals surface area contributed by atoms with Crippen molar-refractivity contribution in [1.82, 2.24) is 14.6 Å². The molecule has 0 saturated heterocycles. The van der Waals surface area contributed by atoms with Gasteiger partial charge in [-0.25, -0.2) is 0 Å². The lowest BCUT2D eigenvalue weighted by molar-refractivity contribution is 0.415. The Morgan fingerprint density at radius 2 is 2.00 bits per heavy atom. The number of nitrogens with two attached hydrogens (primary N) is 1. The van der Waals surface area contributed by atoms with E-state index in [4.69, 9.17) is 10.5 Å². The lowest BCUT2D eigenvalue weighted by Crippen LogP contribution is -2.10. The van der Waals surface area contributed by atoms with Gasteiger partial charge in [-0.05, 0) is 25.0 Å². The minimum Gasteiger partial charge on any atom is -0.493 e. The van der Waals surface area contributed by atoms with Gasteiger partial charge < -0.3 is 10.5 Å². The molecule has 0 radical (unpaired) electrons. The fraction of sp³-hybridized carbons (Fsp3) is 0.538. The predicted octanol–water partition coefficient (Wildman–Crippen LogP) is 2.37. The number of anilines is 1. The summed E-state index contributed by atoms with van der Waals surface area (Å²) in [6.45, 7) is 0. The number of fused-ring (bicyclic) bond motifs is 1. The van der Waals surface area contributed by atoms with Crippen molar-refractivity contribution in [3.8, 4) is 5.75 Å². The zero-order valence-electron chi connectivity index (χ0n) is 10.6. The molecule has 1 fully saturated rings. The van der Waals surface area contributed by atoms with E-state index in [9.17, 15) is 0 Å². The number of rotatable bonds is 2. The van der Waals surface area contributed by atoms with Gasteiger partial charge in [-0.15, -0.1) is 10.2 Å². The summed E-state index contributed by atoms with van der Waals surface area (Å²) in [4.78, 5) is 0. The first kappa shape index (κ1) is 11.3. The van der Waals surface area contributed by atoms with Gasteiger partial charge in [-0.2, -0.15) is 0 Å². The molecule has 0 atom stereocenters. The molecule has 5 heteroatoms. The Labute approximate surface area is 106 Å². The van der Waals surface area contributed by atoms with Crippen molar-refractivity contribution in [2.24, 2.45) is 0 Å². The largest absolute Gasteiger partial charge is 0.493 e. The summed E-state index contributed by atoms with van der Waals surface area (Å²) in [6.07, 6.45) is 6.22. The molecule has 0 spiro atoms. The Hall–Kier alpha value is -1.78. The van der Waals surface area contributed by atoms with E-state index < -0.39 is 0 Å². The Morgan fingerprint density at radius 1 is 1.22 bits per heavy atom. The molecule has 96 valence electrons. The van der Waals surface area contributed by atoms with E-state index in [0.29, 0.717) is 11.7 Å². The van der Waals surface area contributed by atoms with E-state index in [0.717, 1.165) is 17.2 Å². The van der Waals surface area contributed by atoms with Crippen LogP contribution in [-0.4, -0.2) is 21.7 Å². The molecule has 18 heavy (non-hydrogen) atoms. The molecule has 0 unspecified atom stereocenters. The molecule has 2 aromatic rings. The third-order valence-corrected chi connectivity index (χ3v) is 3.76. The third kappa shape index (κ3) is 1.70. The van der Waals surface area contributed by atoms with Crippen molar-refractivity contribution >= 4 is 11.5 Å². The Morgan fingerprint density at radius 3 is 2.72 bits per heavy atom. The van der Waals surface area contributed by atoms with Gasteiger partial charge in [-0.1, -0.05) is 19.3 Å². The first-order valence-corrected chi connectivity index (χ1v) is 6.48. The van der Waals surface area contributed by atoms with Crippen molar-refractivity contribution < 1.29 is 4.74 Å². The van der Waals surface area contributed by atoms with E-state index in [2.05, 4.69) is 10.2 Å². The highest BCUT2D eigenvalue weighted by molar-refractivity contribution is 5.59. The van der Waals surface area contributed by atoms with Crippen LogP contribution in [0.15, 0.2) is 12.1 Å². The van der Waals surface area contributed by atoms with Gasteiger partial charge >= 0.3 is 0 Å². The molecule has 0 aromatic carbocycles. The van der Waals surface area contributed by atoms with Gasteiger partial charge in [0.15, 0.2) is 5.75 Å². The van der Waals surface area contributed by atoms with Gasteiger partial charge in [0.1, 0.15) is 11.6 Å². The third-order valence-electron chi connectivity index (χ3n) is 3.76. The molecule has 2 heterocycles. The number of aromatic nitrogens is 3. The second-order valence-corrected chi connectivity index (χ2v) is 4.88. The average Bonchev–Trinajstić information content (AvgIpc) is 2.86. The first-order valence-electron chi connectivity index (χ1n) is 6.48. The second kappa shape index (κ2) is 4.48. The second-order valence-electron chi connectivity index (χ2n) is 4.88. The summed E-state index contributed by atoms with van der Waals surface area (Å²) in [7, 11) is 1.64. The smallest absolute Gasteiger partial charge is 0.204 e. The molecule has 0 amide bonds. The van der Waals surface area contributed by atoms with E-state index in [1.165, 1.54) is 32.1 Å². The van der Waals surface area contributed by atoms with Crippen molar-refractivity contribution in [1.29, 1.82) is 0 Å². The van der Waals surface area contributed by atoms with Gasteiger partial charge in [-0.3, -0.25) is 4.40 Å². The van der Waals surface area contributed by atoms with Gasteiger partial charge in [0.2, 0.25) is 5.65 Å². The van der Waals surface area contributed by atoms with Crippen LogP contribution in [0.5, 0.6) is 5.75 Å². The summed E-state index contributed by atoms with van der Waals surface area (Å²) in [5.74, 6) is 2.86. The number of nitrogens with zero attached hydrogens (tertiary/aromatic N) is 3. The summed E-state index contributed by atoms with van der Waals surface area (Å²) >= 11 is 0. The number of pyridine rings is 1. The molecule has 1 saturated carbocycles. The van der Waals surface area contributed by atoms with Crippen LogP contribution in [0.25, 0.3) is 5.65 Å². The standard InChI is InChI=1S/C13H18N4O/c1-18-10-7-8-11(14)17-12(15-16-13(10)17)9-5-3-2-4-6-9/h7-9H,2-6,14H2,1H3. The maximum Gasteiger partial charge on any atom is 0.204 e. The number of ether oxygens (including phenoxy) is 1. The summed E-state index contributed by atoms with van der Waals surface area (Å²) in [5.41, 5.74) is 6.78. The van der Waals surface area contributed by atoms with Crippen LogP contribution >= 0.6 is 0 Å². The number of methoxy groups -OCH3 is 1. The van der Waals surface area contributed by atoms with Crippen LogP contribution < -0.4 is 10.5 Å². The van der Waals surface area contributed by atoms with E-state index >= 15 is 0 Å². The van der Waals surface area contributed by atoms with Crippen LogP contribution in [0, 0.1) is 0 Å². The summed E-state index contributed by atoms with van der Waals surface area (Å²) in [5, 5.41) is 8.57. The minimum atomic E-state index is 0.475. The van der Waals surface area contributed by atoms with Crippen LogP contribution in [0.1, 0.15) is 43.8 Å². The first-order chi connectivity index (χ1) is 8.81. The number of hydrogen-bond acceptors (Lipinski definition) is 4. The molecule has 0 aliphatic heterocycles. The van der Waals surface area contributed by atoms with E-state index in [1.54, 1.807) is 7.11 Å². The highest BCUT2D eigenvalue weighted by atomic mass is 16.5. The van der Waals surface area contributed by atoms with Crippen LogP contribution in [0.3, 0.4) is 0 Å². The molecular weight excluding hydrogens is 228 g/mol. The van der Waals surface area contributed by atoms with Crippen LogP contribution in [-0.2, 0) is 0 Å². The maximum absolute atomic E-state index is 6.06. The molecule has 2 N–H and O–H groups in total. The summed E-state index contributed by atoms with van der Waals surface area (Å²) < 4.78 is 7.24. The molecule has 1 aliphatic rings. The molecule has 1 aliphatic carbocycles. The quantitative estimate of drug-likeness (QED) is 0.883. The molecule has 5 nitrogen and oxygen atoms in total. The topological polar surface area (TPSA) is 65.4 Å². The number of hydrogen-bond donors (Lipinski definition) is 1. The zero-order valence-corrected chi connectivity index (χ0v) is 10.6. The Balaban J connectivity index is 2.12. The maximum atomic E-state index is 6.06. The minimum absolute atomic E-state index is 0.475. The Bertz CT molecular complexity index is 557. The van der Waals surface area contributed by atoms with Crippen molar-refractivity contribution in [3.63, 3.8) is 0 Å². The fourth-order valence-corrected chi connectivity index (χ4v) is 2.81. The Kier molecular flexibility index (Phi) is 2.81. The van der Waals surface area contributed by atoms with Crippen molar-refractivity contribution in [2.75, 3.05) is 12.8 Å². The van der Waals surface area contributed by atoms with E-state index in [-0.39, 0.29) is 0 Å². The summed E-state index contributed by atoms with van der Waals surface area (Å²) in [6, 6.07) is 3.69. The predicted molar refractivity (Wildman–Crippen MR) is 69.8 cm³/mol. The van der Waals surface area contributed by atoms with Crippen LogP contribution in [0.4, 0.5) is 5.82 Å². The lowest BCUT2D eigenvalue weighted by atomic mass is 9.89. The van der Waals surface area contributed by atoms with Crippen molar-refractivity contribution in [2.45, 2.75) is 38.0 Å². The normalized spacial score (nSPS) is 17.2. The molecule has 3 rings (SSSR count). The average molecular weight is 246 g/mol. The highest BCUT2D eigenvalue weighted by Crippen LogP contribution is 2.33.